The first-order chi connectivity index (χ1) is 13.0. The number of rotatable bonds is 3. The third-order valence-corrected chi connectivity index (χ3v) is 6.98. The number of benzene rings is 1. The number of amides is 3. The largest absolute Gasteiger partial charge is 0.383 e. The molecular formula is C20H24N3O4+. The Morgan fingerprint density at radius 1 is 1.30 bits per heavy atom. The van der Waals surface area contributed by atoms with Crippen LogP contribution in [-0.4, -0.2) is 55.5 Å². The molecule has 4 aliphatic rings. The van der Waals surface area contributed by atoms with Crippen molar-refractivity contribution in [3.63, 3.8) is 0 Å². The minimum absolute atomic E-state index is 0.0243. The lowest BCUT2D eigenvalue weighted by Gasteiger charge is -2.33. The zero-order chi connectivity index (χ0) is 18.9. The molecule has 0 bridgehead atoms. The van der Waals surface area contributed by atoms with Gasteiger partial charge in [0, 0.05) is 25.5 Å². The highest BCUT2D eigenvalue weighted by atomic mass is 16.5. The van der Waals surface area contributed by atoms with Crippen LogP contribution in [0.2, 0.25) is 0 Å². The summed E-state index contributed by atoms with van der Waals surface area (Å²) in [6.07, 6.45) is 1.85. The number of hydrogen-bond donors (Lipinski definition) is 2. The maximum atomic E-state index is 13.4. The van der Waals surface area contributed by atoms with Gasteiger partial charge in [0.1, 0.15) is 17.9 Å². The van der Waals surface area contributed by atoms with E-state index in [9.17, 15) is 14.4 Å². The molecular weight excluding hydrogens is 346 g/mol. The van der Waals surface area contributed by atoms with Gasteiger partial charge in [-0.1, -0.05) is 11.6 Å². The van der Waals surface area contributed by atoms with Gasteiger partial charge in [-0.3, -0.25) is 19.3 Å². The molecule has 7 heteroatoms. The number of hydrogen-bond acceptors (Lipinski definition) is 4. The summed E-state index contributed by atoms with van der Waals surface area (Å²) in [5.74, 6) is -1.51. The van der Waals surface area contributed by atoms with E-state index >= 15 is 0 Å². The summed E-state index contributed by atoms with van der Waals surface area (Å²) in [7, 11) is 1.56. The molecule has 0 aromatic heterocycles. The molecule has 5 atom stereocenters. The molecule has 1 aromatic carbocycles. The van der Waals surface area contributed by atoms with Crippen LogP contribution in [0.25, 0.3) is 0 Å². The number of likely N-dealkylation sites (tertiary alicyclic amines) is 1. The summed E-state index contributed by atoms with van der Waals surface area (Å²) < 4.78 is 5.09. The van der Waals surface area contributed by atoms with Crippen molar-refractivity contribution in [2.45, 2.75) is 31.3 Å². The minimum atomic E-state index is -0.984. The highest BCUT2D eigenvalue weighted by Crippen LogP contribution is 2.51. The van der Waals surface area contributed by atoms with Crippen molar-refractivity contribution in [2.24, 2.45) is 11.8 Å². The lowest BCUT2D eigenvalue weighted by molar-refractivity contribution is -0.948. The van der Waals surface area contributed by atoms with E-state index in [1.54, 1.807) is 7.11 Å². The number of nitrogens with one attached hydrogen (secondary N) is 2. The Morgan fingerprint density at radius 3 is 2.89 bits per heavy atom. The molecule has 4 heterocycles. The van der Waals surface area contributed by atoms with Crippen molar-refractivity contribution in [2.75, 3.05) is 32.1 Å². The molecule has 0 saturated carbocycles. The van der Waals surface area contributed by atoms with Gasteiger partial charge in [-0.15, -0.1) is 0 Å². The van der Waals surface area contributed by atoms with Gasteiger partial charge >= 0.3 is 0 Å². The van der Waals surface area contributed by atoms with Crippen molar-refractivity contribution in [3.8, 4) is 0 Å². The number of aryl methyl sites for hydroxylation is 1. The quantitative estimate of drug-likeness (QED) is 0.700. The number of fused-ring (bicyclic) bond motifs is 7. The second kappa shape index (κ2) is 5.62. The van der Waals surface area contributed by atoms with E-state index in [0.717, 1.165) is 41.1 Å². The second-order valence-electron chi connectivity index (χ2n) is 8.16. The van der Waals surface area contributed by atoms with E-state index in [0.29, 0.717) is 6.61 Å². The zero-order valence-corrected chi connectivity index (χ0v) is 15.6. The summed E-state index contributed by atoms with van der Waals surface area (Å²) in [5, 5.41) is 3.01. The number of quaternary nitrogens is 1. The van der Waals surface area contributed by atoms with E-state index in [-0.39, 0.29) is 30.3 Å². The summed E-state index contributed by atoms with van der Waals surface area (Å²) in [6, 6.07) is 5.93. The van der Waals surface area contributed by atoms with Gasteiger partial charge in [-0.2, -0.15) is 0 Å². The van der Waals surface area contributed by atoms with Crippen LogP contribution >= 0.6 is 0 Å². The van der Waals surface area contributed by atoms with Crippen molar-refractivity contribution in [1.29, 1.82) is 0 Å². The van der Waals surface area contributed by atoms with Gasteiger partial charge in [0.25, 0.3) is 5.91 Å². The first-order valence-electron chi connectivity index (χ1n) is 9.64. The Bertz CT molecular complexity index is 869. The van der Waals surface area contributed by atoms with E-state index in [4.69, 9.17) is 4.74 Å². The minimum Gasteiger partial charge on any atom is -0.383 e. The Labute approximate surface area is 157 Å². The fraction of sp³-hybridized carbons (Fsp3) is 0.550. The Kier molecular flexibility index (Phi) is 3.52. The molecule has 4 aliphatic heterocycles. The third kappa shape index (κ3) is 1.91. The molecule has 2 N–H and O–H groups in total. The lowest BCUT2D eigenvalue weighted by Crippen LogP contribution is -3.19. The summed E-state index contributed by atoms with van der Waals surface area (Å²) in [6.45, 7) is 3.37. The summed E-state index contributed by atoms with van der Waals surface area (Å²) in [5.41, 5.74) is 1.73. The van der Waals surface area contributed by atoms with Crippen LogP contribution in [0.1, 0.15) is 24.0 Å². The van der Waals surface area contributed by atoms with Crippen molar-refractivity contribution in [1.82, 2.24) is 4.90 Å². The van der Waals surface area contributed by atoms with Gasteiger partial charge in [-0.05, 0) is 19.1 Å². The highest BCUT2D eigenvalue weighted by Gasteiger charge is 2.78. The first kappa shape index (κ1) is 16.9. The average molecular weight is 370 g/mol. The number of anilines is 1. The normalized spacial score (nSPS) is 36.4. The van der Waals surface area contributed by atoms with Gasteiger partial charge in [-0.25, -0.2) is 0 Å². The van der Waals surface area contributed by atoms with E-state index in [1.165, 1.54) is 4.90 Å². The van der Waals surface area contributed by atoms with Crippen LogP contribution in [0.15, 0.2) is 18.2 Å². The molecule has 0 radical (unpaired) electrons. The molecule has 1 unspecified atom stereocenters. The van der Waals surface area contributed by atoms with Crippen LogP contribution in [0, 0.1) is 18.8 Å². The first-order valence-corrected chi connectivity index (χ1v) is 9.64. The predicted molar refractivity (Wildman–Crippen MR) is 95.9 cm³/mol. The standard InChI is InChI=1S/C20H23N3O4/c1-11-5-6-13-12(10-11)20(19(26)21-13)16-15(14-4-3-7-23(14)20)17(24)22(18(16)25)8-9-27-2/h5-6,10,14-16H,3-4,7-9H2,1-2H3,(H,21,26)/p+1/t14-,15+,16-,20-/m0/s1. The molecule has 1 spiro atoms. The molecule has 3 amide bonds. The van der Waals surface area contributed by atoms with Crippen LogP contribution < -0.4 is 10.2 Å². The molecule has 3 fully saturated rings. The van der Waals surface area contributed by atoms with Gasteiger partial charge in [0.05, 0.1) is 25.4 Å². The summed E-state index contributed by atoms with van der Waals surface area (Å²) in [4.78, 5) is 42.4. The topological polar surface area (TPSA) is 80.1 Å². The predicted octanol–water partition coefficient (Wildman–Crippen LogP) is -0.549. The average Bonchev–Trinajstić information content (AvgIpc) is 3.33. The summed E-state index contributed by atoms with van der Waals surface area (Å²) >= 11 is 0. The van der Waals surface area contributed by atoms with Gasteiger partial charge in [0.2, 0.25) is 17.4 Å². The Morgan fingerprint density at radius 2 is 2.11 bits per heavy atom. The van der Waals surface area contributed by atoms with Crippen molar-refractivity contribution < 1.29 is 24.0 Å². The molecule has 27 heavy (non-hydrogen) atoms. The SMILES string of the molecule is COCCN1C(=O)[C@H]2[C@@H](C1=O)[C@@]1(C(=O)Nc3ccc(C)cc31)[NH+]1CCC[C@@H]21. The monoisotopic (exact) mass is 370 g/mol. The number of nitrogens with zero attached hydrogens (tertiary/aromatic N) is 1. The Hall–Kier alpha value is -2.25. The molecule has 3 saturated heterocycles. The van der Waals surface area contributed by atoms with Gasteiger partial charge in [0.15, 0.2) is 0 Å². The van der Waals surface area contributed by atoms with E-state index < -0.39 is 17.4 Å². The molecule has 0 aliphatic carbocycles. The van der Waals surface area contributed by atoms with E-state index in [1.807, 2.05) is 25.1 Å². The van der Waals surface area contributed by atoms with Crippen LogP contribution in [0.3, 0.4) is 0 Å². The second-order valence-corrected chi connectivity index (χ2v) is 8.16. The van der Waals surface area contributed by atoms with Crippen molar-refractivity contribution in [3.05, 3.63) is 29.3 Å². The maximum absolute atomic E-state index is 13.4. The number of carbonyl (C=O) groups is 3. The third-order valence-electron chi connectivity index (χ3n) is 6.98. The fourth-order valence-electron chi connectivity index (χ4n) is 6.04. The smallest absolute Gasteiger partial charge is 0.291 e. The molecule has 142 valence electrons. The number of ether oxygens (including phenoxy) is 1. The fourth-order valence-corrected chi connectivity index (χ4v) is 6.04. The maximum Gasteiger partial charge on any atom is 0.291 e. The van der Waals surface area contributed by atoms with Crippen molar-refractivity contribution >= 4 is 23.4 Å². The Balaban J connectivity index is 1.69. The van der Waals surface area contributed by atoms with Gasteiger partial charge < -0.3 is 15.0 Å². The molecule has 7 nitrogen and oxygen atoms in total. The number of methoxy groups -OCH3 is 1. The van der Waals surface area contributed by atoms with Crippen LogP contribution in [0.5, 0.6) is 0 Å². The lowest BCUT2D eigenvalue weighted by atomic mass is 9.75. The molecule has 5 rings (SSSR count). The molecule has 1 aromatic rings. The number of carbonyl (C=O) groups excluding carboxylic acids is 3. The number of imide groups is 1. The highest BCUT2D eigenvalue weighted by molar-refractivity contribution is 6.14. The zero-order valence-electron chi connectivity index (χ0n) is 15.6. The van der Waals surface area contributed by atoms with Crippen LogP contribution in [0.4, 0.5) is 5.69 Å². The van der Waals surface area contributed by atoms with Crippen LogP contribution in [-0.2, 0) is 24.7 Å². The van der Waals surface area contributed by atoms with E-state index in [2.05, 4.69) is 5.32 Å².